The Hall–Kier alpha value is -0.530. The Balaban J connectivity index is 2.82. The first-order chi connectivity index (χ1) is 5.84. The second kappa shape index (κ2) is 3.32. The van der Waals surface area contributed by atoms with Crippen LogP contribution in [0.2, 0.25) is 0 Å². The predicted octanol–water partition coefficient (Wildman–Crippen LogP) is 2.43. The largest absolute Gasteiger partial charge is 0.337 e. The highest BCUT2D eigenvalue weighted by Gasteiger charge is 2.39. The maximum absolute atomic E-state index is 11.6. The molecule has 1 aliphatic rings. The molecule has 76 valence electrons. The first-order valence-electron chi connectivity index (χ1n) is 5.15. The van der Waals surface area contributed by atoms with Gasteiger partial charge < -0.3 is 4.90 Å². The van der Waals surface area contributed by atoms with Crippen LogP contribution in [-0.4, -0.2) is 22.9 Å². The molecule has 0 aromatic rings. The van der Waals surface area contributed by atoms with E-state index < -0.39 is 0 Å². The van der Waals surface area contributed by atoms with E-state index in [4.69, 9.17) is 0 Å². The first-order valence-corrected chi connectivity index (χ1v) is 5.15. The van der Waals surface area contributed by atoms with Crippen LogP contribution in [0.5, 0.6) is 0 Å². The highest BCUT2D eigenvalue weighted by molar-refractivity contribution is 5.79. The molecule has 0 saturated carbocycles. The smallest absolute Gasteiger partial charge is 0.223 e. The molecule has 0 radical (unpaired) electrons. The average molecular weight is 183 g/mol. The van der Waals surface area contributed by atoms with Crippen molar-refractivity contribution in [1.29, 1.82) is 0 Å². The van der Waals surface area contributed by atoms with Crippen LogP contribution in [-0.2, 0) is 4.79 Å². The van der Waals surface area contributed by atoms with Crippen molar-refractivity contribution in [1.82, 2.24) is 4.90 Å². The molecule has 1 fully saturated rings. The number of amides is 1. The number of hydrogen-bond acceptors (Lipinski definition) is 1. The van der Waals surface area contributed by atoms with E-state index >= 15 is 0 Å². The summed E-state index contributed by atoms with van der Waals surface area (Å²) in [5.41, 5.74) is 0.219. The monoisotopic (exact) mass is 183 g/mol. The molecule has 0 bridgehead atoms. The van der Waals surface area contributed by atoms with Gasteiger partial charge in [-0.25, -0.2) is 0 Å². The summed E-state index contributed by atoms with van der Waals surface area (Å²) >= 11 is 0. The summed E-state index contributed by atoms with van der Waals surface area (Å²) in [5.74, 6) is 0.329. The molecule has 13 heavy (non-hydrogen) atoms. The number of rotatable bonds is 1. The Morgan fingerprint density at radius 1 is 1.38 bits per heavy atom. The average Bonchev–Trinajstić information content (AvgIpc) is 2.28. The molecule has 1 rings (SSSR count). The molecule has 0 N–H and O–H groups in total. The molecule has 1 atom stereocenters. The minimum absolute atomic E-state index is 0.219. The van der Waals surface area contributed by atoms with Crippen molar-refractivity contribution in [2.24, 2.45) is 5.41 Å². The molecule has 1 heterocycles. The van der Waals surface area contributed by atoms with E-state index in [1.54, 1.807) is 0 Å². The van der Waals surface area contributed by atoms with Crippen LogP contribution >= 0.6 is 0 Å². The van der Waals surface area contributed by atoms with Crippen molar-refractivity contribution in [2.45, 2.75) is 59.5 Å². The fourth-order valence-electron chi connectivity index (χ4n) is 2.20. The van der Waals surface area contributed by atoms with E-state index in [0.29, 0.717) is 18.0 Å². The summed E-state index contributed by atoms with van der Waals surface area (Å²) in [4.78, 5) is 13.7. The second-order valence-corrected chi connectivity index (χ2v) is 5.32. The van der Waals surface area contributed by atoms with Gasteiger partial charge in [0.15, 0.2) is 0 Å². The summed E-state index contributed by atoms with van der Waals surface area (Å²) in [6, 6.07) is 0.777. The minimum Gasteiger partial charge on any atom is -0.337 e. The van der Waals surface area contributed by atoms with Gasteiger partial charge in [-0.1, -0.05) is 20.8 Å². The van der Waals surface area contributed by atoms with E-state index in [0.717, 1.165) is 12.8 Å². The second-order valence-electron chi connectivity index (χ2n) is 5.32. The highest BCUT2D eigenvalue weighted by atomic mass is 16.2. The molecule has 2 heteroatoms. The van der Waals surface area contributed by atoms with Gasteiger partial charge in [-0.3, -0.25) is 4.79 Å². The zero-order chi connectivity index (χ0) is 10.2. The van der Waals surface area contributed by atoms with Crippen LogP contribution in [0, 0.1) is 5.41 Å². The zero-order valence-corrected chi connectivity index (χ0v) is 9.42. The van der Waals surface area contributed by atoms with Crippen LogP contribution in [0.15, 0.2) is 0 Å². The predicted molar refractivity (Wildman–Crippen MR) is 54.5 cm³/mol. The van der Waals surface area contributed by atoms with Crippen molar-refractivity contribution < 1.29 is 4.79 Å². The Bertz CT molecular complexity index is 203. The van der Waals surface area contributed by atoms with Gasteiger partial charge in [-0.2, -0.15) is 0 Å². The van der Waals surface area contributed by atoms with Crippen molar-refractivity contribution >= 4 is 5.91 Å². The summed E-state index contributed by atoms with van der Waals surface area (Å²) in [6.45, 7) is 10.8. The van der Waals surface area contributed by atoms with Gasteiger partial charge in [0.05, 0.1) is 0 Å². The SMILES string of the molecule is CC(C)N1C(=O)CCC1C(C)(C)C. The first kappa shape index (κ1) is 10.6. The van der Waals surface area contributed by atoms with Gasteiger partial charge in [0, 0.05) is 18.5 Å². The van der Waals surface area contributed by atoms with Crippen LogP contribution in [0.4, 0.5) is 0 Å². The van der Waals surface area contributed by atoms with Crippen molar-refractivity contribution in [2.75, 3.05) is 0 Å². The molecule has 2 nitrogen and oxygen atoms in total. The maximum atomic E-state index is 11.6. The minimum atomic E-state index is 0.219. The normalized spacial score (nSPS) is 24.6. The molecule has 1 saturated heterocycles. The topological polar surface area (TPSA) is 20.3 Å². The van der Waals surface area contributed by atoms with E-state index in [1.165, 1.54) is 0 Å². The third kappa shape index (κ3) is 2.04. The van der Waals surface area contributed by atoms with Gasteiger partial charge in [0.1, 0.15) is 0 Å². The standard InChI is InChI=1S/C11H21NO/c1-8(2)12-9(11(3,4)5)6-7-10(12)13/h8-9H,6-7H2,1-5H3. The van der Waals surface area contributed by atoms with E-state index in [1.807, 2.05) is 0 Å². The Morgan fingerprint density at radius 3 is 2.23 bits per heavy atom. The Labute approximate surface area is 81.3 Å². The molecule has 0 aromatic heterocycles. The third-order valence-electron chi connectivity index (χ3n) is 2.81. The number of carbonyl (C=O) groups excluding carboxylic acids is 1. The zero-order valence-electron chi connectivity index (χ0n) is 9.42. The fraction of sp³-hybridized carbons (Fsp3) is 0.909. The van der Waals surface area contributed by atoms with Crippen LogP contribution in [0.25, 0.3) is 0 Å². The van der Waals surface area contributed by atoms with Crippen molar-refractivity contribution in [3.63, 3.8) is 0 Å². The van der Waals surface area contributed by atoms with Gasteiger partial charge >= 0.3 is 0 Å². The molecule has 1 aliphatic heterocycles. The third-order valence-corrected chi connectivity index (χ3v) is 2.81. The lowest BCUT2D eigenvalue weighted by Gasteiger charge is -2.37. The Morgan fingerprint density at radius 2 is 1.92 bits per heavy atom. The molecular formula is C11H21NO. The summed E-state index contributed by atoms with van der Waals surface area (Å²) in [5, 5.41) is 0. The fourth-order valence-corrected chi connectivity index (χ4v) is 2.20. The van der Waals surface area contributed by atoms with E-state index in [2.05, 4.69) is 39.5 Å². The lowest BCUT2D eigenvalue weighted by molar-refractivity contribution is -0.132. The van der Waals surface area contributed by atoms with Crippen molar-refractivity contribution in [3.05, 3.63) is 0 Å². The lowest BCUT2D eigenvalue weighted by Crippen LogP contribution is -2.45. The number of hydrogen-bond donors (Lipinski definition) is 0. The molecule has 1 amide bonds. The Kier molecular flexibility index (Phi) is 2.69. The van der Waals surface area contributed by atoms with Gasteiger partial charge in [0.2, 0.25) is 5.91 Å². The quantitative estimate of drug-likeness (QED) is 0.611. The summed E-state index contributed by atoms with van der Waals surface area (Å²) < 4.78 is 0. The number of likely N-dealkylation sites (tertiary alicyclic amines) is 1. The van der Waals surface area contributed by atoms with Gasteiger partial charge in [-0.15, -0.1) is 0 Å². The molecule has 1 unspecified atom stereocenters. The molecule has 0 aromatic carbocycles. The maximum Gasteiger partial charge on any atom is 0.223 e. The van der Waals surface area contributed by atoms with E-state index in [9.17, 15) is 4.79 Å². The van der Waals surface area contributed by atoms with Crippen LogP contribution in [0.3, 0.4) is 0 Å². The number of carbonyl (C=O) groups is 1. The number of nitrogens with zero attached hydrogens (tertiary/aromatic N) is 1. The highest BCUT2D eigenvalue weighted by Crippen LogP contribution is 2.34. The molecule has 0 spiro atoms. The van der Waals surface area contributed by atoms with Crippen molar-refractivity contribution in [3.8, 4) is 0 Å². The lowest BCUT2D eigenvalue weighted by atomic mass is 9.85. The van der Waals surface area contributed by atoms with Gasteiger partial charge in [-0.05, 0) is 25.7 Å². The van der Waals surface area contributed by atoms with E-state index in [-0.39, 0.29) is 5.41 Å². The van der Waals surface area contributed by atoms with Gasteiger partial charge in [0.25, 0.3) is 0 Å². The molecular weight excluding hydrogens is 162 g/mol. The summed E-state index contributed by atoms with van der Waals surface area (Å²) in [7, 11) is 0. The van der Waals surface area contributed by atoms with Crippen LogP contribution < -0.4 is 0 Å². The summed E-state index contributed by atoms with van der Waals surface area (Å²) in [6.07, 6.45) is 1.76. The molecule has 0 aliphatic carbocycles. The van der Waals surface area contributed by atoms with Crippen LogP contribution in [0.1, 0.15) is 47.5 Å².